The topological polar surface area (TPSA) is 66.8 Å². The molecule has 3 rings (SSSR count). The molecule has 0 saturated carbocycles. The minimum atomic E-state index is -0.998. The third kappa shape index (κ3) is 2.85. The summed E-state index contributed by atoms with van der Waals surface area (Å²) in [6, 6.07) is 12.4. The molecule has 0 aromatic heterocycles. The Morgan fingerprint density at radius 3 is 2.71 bits per heavy atom. The van der Waals surface area contributed by atoms with E-state index in [0.29, 0.717) is 23.4 Å². The van der Waals surface area contributed by atoms with Crippen molar-refractivity contribution in [1.82, 2.24) is 0 Å². The molecule has 24 heavy (non-hydrogen) atoms. The van der Waals surface area contributed by atoms with Crippen LogP contribution >= 0.6 is 0 Å². The average Bonchev–Trinajstić information content (AvgIpc) is 2.57. The van der Waals surface area contributed by atoms with Crippen LogP contribution in [0.1, 0.15) is 34.8 Å². The fourth-order valence-corrected chi connectivity index (χ4v) is 2.89. The second kappa shape index (κ2) is 6.35. The van der Waals surface area contributed by atoms with E-state index in [-0.39, 0.29) is 18.0 Å². The first kappa shape index (κ1) is 16.1. The summed E-state index contributed by atoms with van der Waals surface area (Å²) >= 11 is 0. The van der Waals surface area contributed by atoms with Crippen molar-refractivity contribution in [2.24, 2.45) is 0 Å². The highest BCUT2D eigenvalue weighted by atomic mass is 16.5. The van der Waals surface area contributed by atoms with Gasteiger partial charge in [0.2, 0.25) is 0 Å². The van der Waals surface area contributed by atoms with Crippen LogP contribution < -0.4 is 9.64 Å². The van der Waals surface area contributed by atoms with Crippen molar-refractivity contribution in [1.29, 1.82) is 0 Å². The summed E-state index contributed by atoms with van der Waals surface area (Å²) in [5.74, 6) is -0.481. The van der Waals surface area contributed by atoms with Gasteiger partial charge in [0, 0.05) is 0 Å². The molecule has 1 unspecified atom stereocenters. The van der Waals surface area contributed by atoms with Gasteiger partial charge < -0.3 is 14.7 Å². The Morgan fingerprint density at radius 2 is 2.00 bits per heavy atom. The van der Waals surface area contributed by atoms with Crippen molar-refractivity contribution in [2.75, 3.05) is 4.90 Å². The van der Waals surface area contributed by atoms with E-state index < -0.39 is 12.1 Å². The molecule has 1 atom stereocenters. The van der Waals surface area contributed by atoms with Crippen LogP contribution in [0.25, 0.3) is 0 Å². The van der Waals surface area contributed by atoms with E-state index in [1.165, 1.54) is 0 Å². The van der Waals surface area contributed by atoms with Crippen LogP contribution in [0, 0.1) is 6.92 Å². The van der Waals surface area contributed by atoms with Gasteiger partial charge >= 0.3 is 5.97 Å². The number of hydrogen-bond donors (Lipinski definition) is 1. The molecule has 0 spiro atoms. The monoisotopic (exact) mass is 325 g/mol. The summed E-state index contributed by atoms with van der Waals surface area (Å²) in [5.41, 5.74) is 2.53. The number of anilines is 1. The number of nitrogens with zero attached hydrogens (tertiary/aromatic N) is 1. The summed E-state index contributed by atoms with van der Waals surface area (Å²) in [5, 5.41) is 9.36. The maximum absolute atomic E-state index is 12.7. The zero-order valence-corrected chi connectivity index (χ0v) is 13.7. The number of rotatable bonds is 4. The number of fused-ring (bicyclic) bond motifs is 1. The fourth-order valence-electron chi connectivity index (χ4n) is 2.89. The Labute approximate surface area is 140 Å². The van der Waals surface area contributed by atoms with E-state index in [1.807, 2.05) is 32.0 Å². The molecule has 5 heteroatoms. The van der Waals surface area contributed by atoms with Gasteiger partial charge in [-0.3, -0.25) is 4.79 Å². The van der Waals surface area contributed by atoms with Crippen LogP contribution in [0.15, 0.2) is 42.5 Å². The van der Waals surface area contributed by atoms with Gasteiger partial charge in [0.1, 0.15) is 5.75 Å². The molecule has 0 aliphatic carbocycles. The maximum Gasteiger partial charge on any atom is 0.336 e. The van der Waals surface area contributed by atoms with E-state index in [0.717, 1.165) is 5.56 Å². The molecule has 1 amide bonds. The molecule has 2 aromatic rings. The third-order valence-corrected chi connectivity index (χ3v) is 4.16. The van der Waals surface area contributed by atoms with Gasteiger partial charge in [-0.1, -0.05) is 31.2 Å². The Balaban J connectivity index is 2.03. The quantitative estimate of drug-likeness (QED) is 0.935. The molecule has 0 radical (unpaired) electrons. The molecule has 1 aliphatic rings. The van der Waals surface area contributed by atoms with Crippen molar-refractivity contribution in [3.8, 4) is 5.75 Å². The van der Waals surface area contributed by atoms with E-state index in [9.17, 15) is 14.7 Å². The predicted molar refractivity (Wildman–Crippen MR) is 90.5 cm³/mol. The fraction of sp³-hybridized carbons (Fsp3) is 0.263. The lowest BCUT2D eigenvalue weighted by molar-refractivity contribution is -0.126. The SMILES string of the molecule is CCC1Oc2cc(C)ccc2N(Cc2ccccc2C(=O)O)C1=O. The van der Waals surface area contributed by atoms with E-state index in [4.69, 9.17) is 4.74 Å². The summed E-state index contributed by atoms with van der Waals surface area (Å²) in [6.45, 7) is 4.06. The number of carbonyl (C=O) groups excluding carboxylic acids is 1. The van der Waals surface area contributed by atoms with Crippen molar-refractivity contribution < 1.29 is 19.4 Å². The molecular weight excluding hydrogens is 306 g/mol. The number of ether oxygens (including phenoxy) is 1. The van der Waals surface area contributed by atoms with Gasteiger partial charge in [0.15, 0.2) is 6.10 Å². The Morgan fingerprint density at radius 1 is 1.25 bits per heavy atom. The van der Waals surface area contributed by atoms with Gasteiger partial charge in [-0.2, -0.15) is 0 Å². The molecule has 1 aliphatic heterocycles. The zero-order chi connectivity index (χ0) is 17.3. The lowest BCUT2D eigenvalue weighted by Gasteiger charge is -2.34. The third-order valence-electron chi connectivity index (χ3n) is 4.16. The number of aromatic carboxylic acids is 1. The Bertz CT molecular complexity index is 800. The summed E-state index contributed by atoms with van der Waals surface area (Å²) < 4.78 is 5.81. The first-order valence-electron chi connectivity index (χ1n) is 7.91. The lowest BCUT2D eigenvalue weighted by Crippen LogP contribution is -2.45. The van der Waals surface area contributed by atoms with Gasteiger partial charge in [0.25, 0.3) is 5.91 Å². The highest BCUT2D eigenvalue weighted by molar-refractivity contribution is 6.00. The number of hydrogen-bond acceptors (Lipinski definition) is 3. The summed E-state index contributed by atoms with van der Waals surface area (Å²) in [4.78, 5) is 25.8. The second-order valence-corrected chi connectivity index (χ2v) is 5.87. The molecule has 0 saturated heterocycles. The lowest BCUT2D eigenvalue weighted by atomic mass is 10.0. The van der Waals surface area contributed by atoms with Gasteiger partial charge in [-0.25, -0.2) is 4.79 Å². The Kier molecular flexibility index (Phi) is 4.25. The minimum Gasteiger partial charge on any atom is -0.478 e. The maximum atomic E-state index is 12.7. The van der Waals surface area contributed by atoms with Gasteiger partial charge in [0.05, 0.1) is 17.8 Å². The van der Waals surface area contributed by atoms with Crippen molar-refractivity contribution in [3.63, 3.8) is 0 Å². The summed E-state index contributed by atoms with van der Waals surface area (Å²) in [6.07, 6.45) is 0.0137. The van der Waals surface area contributed by atoms with Crippen LogP contribution in [0.5, 0.6) is 5.75 Å². The van der Waals surface area contributed by atoms with Crippen LogP contribution in [0.2, 0.25) is 0 Å². The zero-order valence-electron chi connectivity index (χ0n) is 13.7. The van der Waals surface area contributed by atoms with E-state index in [1.54, 1.807) is 29.2 Å². The van der Waals surface area contributed by atoms with Gasteiger partial charge in [-0.05, 0) is 42.7 Å². The second-order valence-electron chi connectivity index (χ2n) is 5.87. The molecular formula is C19H19NO4. The largest absolute Gasteiger partial charge is 0.478 e. The molecule has 1 N–H and O–H groups in total. The van der Waals surface area contributed by atoms with E-state index in [2.05, 4.69) is 0 Å². The molecule has 124 valence electrons. The van der Waals surface area contributed by atoms with Crippen molar-refractivity contribution >= 4 is 17.6 Å². The Hall–Kier alpha value is -2.82. The van der Waals surface area contributed by atoms with Crippen molar-refractivity contribution in [3.05, 3.63) is 59.2 Å². The number of carboxylic acid groups (broad SMARTS) is 1. The van der Waals surface area contributed by atoms with Crippen LogP contribution in [0.3, 0.4) is 0 Å². The van der Waals surface area contributed by atoms with Gasteiger partial charge in [-0.15, -0.1) is 0 Å². The van der Waals surface area contributed by atoms with E-state index >= 15 is 0 Å². The average molecular weight is 325 g/mol. The van der Waals surface area contributed by atoms with Crippen LogP contribution in [-0.4, -0.2) is 23.1 Å². The normalized spacial score (nSPS) is 16.5. The molecule has 5 nitrogen and oxygen atoms in total. The standard InChI is InChI=1S/C19H19NO4/c1-3-16-18(21)20(15-9-8-12(2)10-17(15)24-16)11-13-6-4-5-7-14(13)19(22)23/h4-10,16H,3,11H2,1-2H3,(H,22,23). The van der Waals surface area contributed by atoms with Crippen molar-refractivity contribution in [2.45, 2.75) is 32.9 Å². The first-order valence-corrected chi connectivity index (χ1v) is 7.91. The predicted octanol–water partition coefficient (Wildman–Crippen LogP) is 3.40. The highest BCUT2D eigenvalue weighted by Crippen LogP contribution is 2.36. The first-order chi connectivity index (χ1) is 11.5. The molecule has 1 heterocycles. The highest BCUT2D eigenvalue weighted by Gasteiger charge is 2.33. The van der Waals surface area contributed by atoms with Crippen LogP contribution in [0.4, 0.5) is 5.69 Å². The van der Waals surface area contributed by atoms with Crippen LogP contribution in [-0.2, 0) is 11.3 Å². The number of aryl methyl sites for hydroxylation is 1. The number of benzene rings is 2. The molecule has 2 aromatic carbocycles. The molecule has 0 bridgehead atoms. The number of carboxylic acids is 1. The summed E-state index contributed by atoms with van der Waals surface area (Å²) in [7, 11) is 0. The molecule has 0 fully saturated rings. The number of amides is 1. The number of carbonyl (C=O) groups is 2. The smallest absolute Gasteiger partial charge is 0.336 e. The minimum absolute atomic E-state index is 0.144.